The van der Waals surface area contributed by atoms with E-state index in [-0.39, 0.29) is 5.56 Å². The Hall–Kier alpha value is -3.54. The first-order valence-corrected chi connectivity index (χ1v) is 5.99. The van der Waals surface area contributed by atoms with Crippen LogP contribution < -0.4 is 10.5 Å². The van der Waals surface area contributed by atoms with Gasteiger partial charge in [-0.1, -0.05) is 6.07 Å². The van der Waals surface area contributed by atoms with Gasteiger partial charge in [0.2, 0.25) is 0 Å². The first-order valence-electron chi connectivity index (χ1n) is 5.99. The number of nitro benzene ring substituents is 1. The van der Waals surface area contributed by atoms with E-state index in [0.29, 0.717) is 12.1 Å². The zero-order valence-corrected chi connectivity index (χ0v) is 11.2. The molecule has 0 aliphatic heterocycles. The quantitative estimate of drug-likeness (QED) is 0.686. The predicted octanol–water partition coefficient (Wildman–Crippen LogP) is 2.64. The Morgan fingerprint density at radius 3 is 2.57 bits per heavy atom. The Morgan fingerprint density at radius 2 is 2.00 bits per heavy atom. The lowest BCUT2D eigenvalue weighted by molar-refractivity contribution is -0.385. The maximum atomic E-state index is 13.9. The molecule has 0 aromatic heterocycles. The summed E-state index contributed by atoms with van der Waals surface area (Å²) in [4.78, 5) is 21.1. The van der Waals surface area contributed by atoms with Gasteiger partial charge in [0.25, 0.3) is 11.6 Å². The summed E-state index contributed by atoms with van der Waals surface area (Å²) in [6.07, 6.45) is 0. The molecule has 0 spiro atoms. The summed E-state index contributed by atoms with van der Waals surface area (Å²) < 4.78 is 32.6. The third kappa shape index (κ3) is 3.06. The maximum absolute atomic E-state index is 13.9. The summed E-state index contributed by atoms with van der Waals surface area (Å²) in [7, 11) is 0. The summed E-state index contributed by atoms with van der Waals surface area (Å²) in [5.74, 6) is -4.63. The van der Waals surface area contributed by atoms with E-state index < -0.39 is 45.2 Å². The summed E-state index contributed by atoms with van der Waals surface area (Å²) >= 11 is 0. The minimum Gasteiger partial charge on any atom is -0.450 e. The topological polar surface area (TPSA) is 119 Å². The molecule has 0 radical (unpaired) electrons. The number of carbonyl (C=O) groups is 1. The van der Waals surface area contributed by atoms with Crippen LogP contribution in [-0.2, 0) is 0 Å². The van der Waals surface area contributed by atoms with Crippen LogP contribution in [0.1, 0.15) is 15.9 Å². The molecule has 1 amide bonds. The lowest BCUT2D eigenvalue weighted by Crippen LogP contribution is -2.14. The lowest BCUT2D eigenvalue weighted by atomic mass is 10.1. The fourth-order valence-electron chi connectivity index (χ4n) is 1.78. The van der Waals surface area contributed by atoms with Crippen LogP contribution in [0.15, 0.2) is 30.3 Å². The average molecular weight is 319 g/mol. The predicted molar refractivity (Wildman–Crippen MR) is 72.8 cm³/mol. The summed E-state index contributed by atoms with van der Waals surface area (Å²) in [5.41, 5.74) is 3.25. The van der Waals surface area contributed by atoms with Crippen LogP contribution in [0.3, 0.4) is 0 Å². The van der Waals surface area contributed by atoms with Crippen molar-refractivity contribution in [3.63, 3.8) is 0 Å². The van der Waals surface area contributed by atoms with Gasteiger partial charge in [0.05, 0.1) is 16.6 Å². The van der Waals surface area contributed by atoms with Gasteiger partial charge >= 0.3 is 0 Å². The van der Waals surface area contributed by atoms with E-state index in [1.165, 1.54) is 12.1 Å². The first-order chi connectivity index (χ1) is 10.8. The van der Waals surface area contributed by atoms with Gasteiger partial charge in [-0.2, -0.15) is 5.26 Å². The number of carbonyl (C=O) groups excluding carboxylic acids is 1. The van der Waals surface area contributed by atoms with E-state index in [0.717, 1.165) is 6.07 Å². The van der Waals surface area contributed by atoms with Crippen molar-refractivity contribution in [3.05, 3.63) is 63.2 Å². The number of para-hydroxylation sites is 1. The maximum Gasteiger partial charge on any atom is 0.286 e. The molecule has 9 heteroatoms. The SMILES string of the molecule is N#Cc1cccc(F)c1Oc1cc([N+](=O)[O-])c(C(N)=O)cc1F. The van der Waals surface area contributed by atoms with Gasteiger partial charge in [-0.25, -0.2) is 8.78 Å². The van der Waals surface area contributed by atoms with Crippen molar-refractivity contribution < 1.29 is 23.2 Å². The number of amides is 1. The molecule has 0 saturated heterocycles. The fraction of sp³-hybridized carbons (Fsp3) is 0. The van der Waals surface area contributed by atoms with E-state index in [2.05, 4.69) is 0 Å². The molecule has 0 heterocycles. The van der Waals surface area contributed by atoms with Crippen LogP contribution in [0.2, 0.25) is 0 Å². The third-order valence-electron chi connectivity index (χ3n) is 2.81. The van der Waals surface area contributed by atoms with Gasteiger partial charge in [-0.05, 0) is 18.2 Å². The van der Waals surface area contributed by atoms with Crippen LogP contribution in [-0.4, -0.2) is 10.8 Å². The minimum atomic E-state index is -1.20. The Morgan fingerprint density at radius 1 is 1.30 bits per heavy atom. The standard InChI is InChI=1S/C14H7F2N3O4/c15-9-3-1-2-7(6-17)13(9)23-12-5-11(19(21)22)8(14(18)20)4-10(12)16/h1-5H,(H2,18,20). The van der Waals surface area contributed by atoms with Crippen molar-refractivity contribution in [1.82, 2.24) is 0 Å². The third-order valence-corrected chi connectivity index (χ3v) is 2.81. The van der Waals surface area contributed by atoms with Crippen LogP contribution >= 0.6 is 0 Å². The van der Waals surface area contributed by atoms with Crippen LogP contribution in [0.5, 0.6) is 11.5 Å². The molecule has 0 atom stereocenters. The largest absolute Gasteiger partial charge is 0.450 e. The Kier molecular flexibility index (Phi) is 4.18. The van der Waals surface area contributed by atoms with Gasteiger partial charge in [0.15, 0.2) is 23.1 Å². The number of rotatable bonds is 4. The molecular weight excluding hydrogens is 312 g/mol. The van der Waals surface area contributed by atoms with E-state index >= 15 is 0 Å². The Balaban J connectivity index is 2.58. The number of halogens is 2. The highest BCUT2D eigenvalue weighted by atomic mass is 19.1. The van der Waals surface area contributed by atoms with Crippen molar-refractivity contribution in [2.75, 3.05) is 0 Å². The van der Waals surface area contributed by atoms with Crippen LogP contribution in [0, 0.1) is 33.1 Å². The van der Waals surface area contributed by atoms with Gasteiger partial charge in [-0.3, -0.25) is 14.9 Å². The summed E-state index contributed by atoms with van der Waals surface area (Å²) in [6, 6.07) is 6.21. The van der Waals surface area contributed by atoms with Gasteiger partial charge in [0, 0.05) is 0 Å². The second kappa shape index (κ2) is 6.07. The number of benzene rings is 2. The molecule has 2 N–H and O–H groups in total. The van der Waals surface area contributed by atoms with Crippen molar-refractivity contribution in [1.29, 1.82) is 5.26 Å². The number of nitro groups is 1. The fourth-order valence-corrected chi connectivity index (χ4v) is 1.78. The smallest absolute Gasteiger partial charge is 0.286 e. The minimum absolute atomic E-state index is 0.231. The zero-order valence-electron chi connectivity index (χ0n) is 11.2. The van der Waals surface area contributed by atoms with Gasteiger partial charge in [0.1, 0.15) is 11.6 Å². The molecule has 0 aliphatic carbocycles. The summed E-state index contributed by atoms with van der Waals surface area (Å²) in [5, 5.41) is 19.8. The number of primary amides is 1. The second-order valence-electron chi connectivity index (χ2n) is 4.25. The highest BCUT2D eigenvalue weighted by Crippen LogP contribution is 2.33. The second-order valence-corrected chi connectivity index (χ2v) is 4.25. The number of ether oxygens (including phenoxy) is 1. The molecule has 0 bridgehead atoms. The monoisotopic (exact) mass is 319 g/mol. The van der Waals surface area contributed by atoms with Crippen molar-refractivity contribution in [3.8, 4) is 17.6 Å². The average Bonchev–Trinajstić information content (AvgIpc) is 2.50. The molecule has 0 aliphatic rings. The number of nitrogens with zero attached hydrogens (tertiary/aromatic N) is 2. The number of nitriles is 1. The molecular formula is C14H7F2N3O4. The number of hydrogen-bond donors (Lipinski definition) is 1. The zero-order chi connectivity index (χ0) is 17.1. The number of nitrogens with two attached hydrogens (primary N) is 1. The van der Waals surface area contributed by atoms with Gasteiger partial charge in [-0.15, -0.1) is 0 Å². The molecule has 23 heavy (non-hydrogen) atoms. The Labute approximate surface area is 127 Å². The molecule has 7 nitrogen and oxygen atoms in total. The molecule has 0 unspecified atom stereocenters. The normalized spacial score (nSPS) is 9.96. The summed E-state index contributed by atoms with van der Waals surface area (Å²) in [6.45, 7) is 0. The number of hydrogen-bond acceptors (Lipinski definition) is 5. The first kappa shape index (κ1) is 15.8. The van der Waals surface area contributed by atoms with Crippen LogP contribution in [0.4, 0.5) is 14.5 Å². The van der Waals surface area contributed by atoms with Crippen molar-refractivity contribution in [2.45, 2.75) is 0 Å². The highest BCUT2D eigenvalue weighted by molar-refractivity contribution is 5.97. The molecule has 2 rings (SSSR count). The van der Waals surface area contributed by atoms with Crippen molar-refractivity contribution >= 4 is 11.6 Å². The van der Waals surface area contributed by atoms with Gasteiger partial charge < -0.3 is 10.5 Å². The molecule has 0 saturated carbocycles. The van der Waals surface area contributed by atoms with Crippen LogP contribution in [0.25, 0.3) is 0 Å². The van der Waals surface area contributed by atoms with E-state index in [9.17, 15) is 23.7 Å². The molecule has 116 valence electrons. The van der Waals surface area contributed by atoms with Crippen molar-refractivity contribution in [2.24, 2.45) is 5.73 Å². The Bertz CT molecular complexity index is 862. The van der Waals surface area contributed by atoms with E-state index in [4.69, 9.17) is 15.7 Å². The molecule has 2 aromatic rings. The lowest BCUT2D eigenvalue weighted by Gasteiger charge is -2.10. The highest BCUT2D eigenvalue weighted by Gasteiger charge is 2.24. The van der Waals surface area contributed by atoms with E-state index in [1.807, 2.05) is 0 Å². The molecule has 0 fully saturated rings. The van der Waals surface area contributed by atoms with E-state index in [1.54, 1.807) is 6.07 Å². The molecule has 2 aromatic carbocycles.